The van der Waals surface area contributed by atoms with E-state index >= 15 is 0 Å². The summed E-state index contributed by atoms with van der Waals surface area (Å²) in [6, 6.07) is 7.41. The SMILES string of the molecule is COC(=O)c1c(F)cccc1-c1ccc(CNC(=O)CNC(=O)C(F)(F)F)c(F)c1. The van der Waals surface area contributed by atoms with Gasteiger partial charge >= 0.3 is 18.1 Å². The summed E-state index contributed by atoms with van der Waals surface area (Å²) >= 11 is 0. The second-order valence-electron chi connectivity index (χ2n) is 5.92. The highest BCUT2D eigenvalue weighted by molar-refractivity contribution is 5.97. The van der Waals surface area contributed by atoms with Gasteiger partial charge in [0.2, 0.25) is 5.91 Å². The molecule has 6 nitrogen and oxygen atoms in total. The molecule has 0 atom stereocenters. The Morgan fingerprint density at radius 3 is 2.30 bits per heavy atom. The summed E-state index contributed by atoms with van der Waals surface area (Å²) < 4.78 is 69.1. The summed E-state index contributed by atoms with van der Waals surface area (Å²) in [5.41, 5.74) is -0.141. The number of alkyl halides is 3. The van der Waals surface area contributed by atoms with Crippen molar-refractivity contribution in [1.82, 2.24) is 10.6 Å². The highest BCUT2D eigenvalue weighted by Gasteiger charge is 2.38. The molecule has 30 heavy (non-hydrogen) atoms. The van der Waals surface area contributed by atoms with Gasteiger partial charge in [0.15, 0.2) is 0 Å². The Balaban J connectivity index is 2.10. The second kappa shape index (κ2) is 9.33. The molecule has 0 aliphatic rings. The Bertz CT molecular complexity index is 976. The van der Waals surface area contributed by atoms with E-state index in [-0.39, 0.29) is 28.8 Å². The predicted molar refractivity (Wildman–Crippen MR) is 94.0 cm³/mol. The first kappa shape index (κ1) is 22.8. The van der Waals surface area contributed by atoms with E-state index < -0.39 is 42.1 Å². The van der Waals surface area contributed by atoms with Crippen molar-refractivity contribution in [3.63, 3.8) is 0 Å². The van der Waals surface area contributed by atoms with Gasteiger partial charge in [-0.15, -0.1) is 0 Å². The molecule has 0 saturated carbocycles. The monoisotopic (exact) mass is 430 g/mol. The van der Waals surface area contributed by atoms with Crippen LogP contribution in [0, 0.1) is 11.6 Å². The number of amides is 2. The minimum absolute atomic E-state index is 0.0229. The lowest BCUT2D eigenvalue weighted by atomic mass is 9.98. The number of methoxy groups -OCH3 is 1. The van der Waals surface area contributed by atoms with Crippen molar-refractivity contribution in [2.45, 2.75) is 12.7 Å². The van der Waals surface area contributed by atoms with E-state index in [1.54, 1.807) is 0 Å². The standard InChI is InChI=1S/C19H15F5N2O4/c1-30-17(28)16-12(3-2-4-13(16)20)10-5-6-11(14(21)7-10)8-25-15(27)9-26-18(29)19(22,23)24/h2-7H,8-9H2,1H3,(H,25,27)(H,26,29). The highest BCUT2D eigenvalue weighted by atomic mass is 19.4. The van der Waals surface area contributed by atoms with E-state index in [4.69, 9.17) is 0 Å². The Morgan fingerprint density at radius 2 is 1.70 bits per heavy atom. The number of rotatable bonds is 6. The van der Waals surface area contributed by atoms with Crippen LogP contribution in [0.5, 0.6) is 0 Å². The molecular formula is C19H15F5N2O4. The predicted octanol–water partition coefficient (Wildman–Crippen LogP) is 2.71. The minimum Gasteiger partial charge on any atom is -0.465 e. The van der Waals surface area contributed by atoms with Crippen LogP contribution in [0.1, 0.15) is 15.9 Å². The summed E-state index contributed by atoms with van der Waals surface area (Å²) in [6.45, 7) is -1.32. The van der Waals surface area contributed by atoms with Gasteiger partial charge in [-0.3, -0.25) is 9.59 Å². The van der Waals surface area contributed by atoms with Crippen LogP contribution in [0.25, 0.3) is 11.1 Å². The molecule has 160 valence electrons. The first-order valence-electron chi connectivity index (χ1n) is 8.32. The summed E-state index contributed by atoms with van der Waals surface area (Å²) in [5, 5.41) is 3.54. The summed E-state index contributed by atoms with van der Waals surface area (Å²) in [7, 11) is 1.07. The molecule has 0 saturated heterocycles. The maximum absolute atomic E-state index is 14.4. The van der Waals surface area contributed by atoms with E-state index in [0.717, 1.165) is 19.2 Å². The Morgan fingerprint density at radius 1 is 1.00 bits per heavy atom. The quantitative estimate of drug-likeness (QED) is 0.545. The summed E-state index contributed by atoms with van der Waals surface area (Å²) in [5.74, 6) is -5.84. The zero-order valence-electron chi connectivity index (χ0n) is 15.4. The number of hydrogen-bond donors (Lipinski definition) is 2. The topological polar surface area (TPSA) is 84.5 Å². The third-order valence-electron chi connectivity index (χ3n) is 3.91. The molecule has 2 aromatic rings. The average Bonchev–Trinajstić information content (AvgIpc) is 2.69. The Hall–Kier alpha value is -3.50. The van der Waals surface area contributed by atoms with Crippen LogP contribution in [-0.4, -0.2) is 37.6 Å². The van der Waals surface area contributed by atoms with Gasteiger partial charge in [-0.25, -0.2) is 13.6 Å². The van der Waals surface area contributed by atoms with Crippen molar-refractivity contribution in [2.24, 2.45) is 0 Å². The molecule has 0 bridgehead atoms. The normalized spacial score (nSPS) is 11.0. The number of ether oxygens (including phenoxy) is 1. The van der Waals surface area contributed by atoms with Crippen LogP contribution in [0.3, 0.4) is 0 Å². The molecule has 0 aromatic heterocycles. The highest BCUT2D eigenvalue weighted by Crippen LogP contribution is 2.28. The lowest BCUT2D eigenvalue weighted by Crippen LogP contribution is -2.42. The van der Waals surface area contributed by atoms with Crippen LogP contribution in [0.2, 0.25) is 0 Å². The van der Waals surface area contributed by atoms with E-state index in [2.05, 4.69) is 10.1 Å². The third kappa shape index (κ3) is 5.52. The molecule has 0 aliphatic heterocycles. The maximum atomic E-state index is 14.4. The molecule has 2 N–H and O–H groups in total. The fraction of sp³-hybridized carbons (Fsp3) is 0.211. The summed E-state index contributed by atoms with van der Waals surface area (Å²) in [6.07, 6.45) is -5.12. The minimum atomic E-state index is -5.12. The number of esters is 1. The third-order valence-corrected chi connectivity index (χ3v) is 3.91. The molecule has 2 amide bonds. The molecule has 0 aliphatic carbocycles. The van der Waals surface area contributed by atoms with Crippen LogP contribution in [0.4, 0.5) is 22.0 Å². The lowest BCUT2D eigenvalue weighted by molar-refractivity contribution is -0.173. The zero-order valence-corrected chi connectivity index (χ0v) is 15.4. The number of benzene rings is 2. The number of hydrogen-bond acceptors (Lipinski definition) is 4. The average molecular weight is 430 g/mol. The number of nitrogens with one attached hydrogen (secondary N) is 2. The number of carbonyl (C=O) groups excluding carboxylic acids is 3. The fourth-order valence-corrected chi connectivity index (χ4v) is 2.45. The molecule has 11 heteroatoms. The van der Waals surface area contributed by atoms with E-state index in [1.165, 1.54) is 29.6 Å². The largest absolute Gasteiger partial charge is 0.471 e. The molecule has 0 radical (unpaired) electrons. The maximum Gasteiger partial charge on any atom is 0.471 e. The molecule has 0 spiro atoms. The Labute approximate surface area is 167 Å². The zero-order chi connectivity index (χ0) is 22.5. The van der Waals surface area contributed by atoms with Gasteiger partial charge in [0, 0.05) is 12.1 Å². The first-order chi connectivity index (χ1) is 14.0. The van der Waals surface area contributed by atoms with Gasteiger partial charge in [-0.1, -0.05) is 24.3 Å². The molecule has 2 aromatic carbocycles. The van der Waals surface area contributed by atoms with Gasteiger partial charge in [0.25, 0.3) is 0 Å². The van der Waals surface area contributed by atoms with Crippen LogP contribution < -0.4 is 10.6 Å². The molecule has 2 rings (SSSR count). The lowest BCUT2D eigenvalue weighted by Gasteiger charge is -2.12. The smallest absolute Gasteiger partial charge is 0.465 e. The van der Waals surface area contributed by atoms with E-state index in [9.17, 15) is 36.3 Å². The second-order valence-corrected chi connectivity index (χ2v) is 5.92. The van der Waals surface area contributed by atoms with E-state index in [1.807, 2.05) is 0 Å². The van der Waals surface area contributed by atoms with Gasteiger partial charge in [-0.2, -0.15) is 13.2 Å². The van der Waals surface area contributed by atoms with Gasteiger partial charge in [0.05, 0.1) is 13.7 Å². The van der Waals surface area contributed by atoms with E-state index in [0.29, 0.717) is 0 Å². The van der Waals surface area contributed by atoms with Gasteiger partial charge in [0.1, 0.15) is 17.2 Å². The number of carbonyl (C=O) groups is 3. The molecule has 0 fully saturated rings. The van der Waals surface area contributed by atoms with Crippen molar-refractivity contribution < 1.29 is 41.1 Å². The van der Waals surface area contributed by atoms with Crippen molar-refractivity contribution in [3.05, 3.63) is 59.2 Å². The van der Waals surface area contributed by atoms with Crippen molar-refractivity contribution >= 4 is 17.8 Å². The number of halogens is 5. The first-order valence-corrected chi connectivity index (χ1v) is 8.32. The van der Waals surface area contributed by atoms with Gasteiger partial charge in [-0.05, 0) is 23.3 Å². The van der Waals surface area contributed by atoms with Crippen LogP contribution in [0.15, 0.2) is 36.4 Å². The fourth-order valence-electron chi connectivity index (χ4n) is 2.45. The van der Waals surface area contributed by atoms with Gasteiger partial charge < -0.3 is 15.4 Å². The molecule has 0 heterocycles. The van der Waals surface area contributed by atoms with Crippen molar-refractivity contribution in [3.8, 4) is 11.1 Å². The Kier molecular flexibility index (Phi) is 7.09. The molecule has 0 unspecified atom stereocenters. The van der Waals surface area contributed by atoms with Crippen molar-refractivity contribution in [1.29, 1.82) is 0 Å². The van der Waals surface area contributed by atoms with Crippen LogP contribution >= 0.6 is 0 Å². The van der Waals surface area contributed by atoms with Crippen molar-refractivity contribution in [2.75, 3.05) is 13.7 Å². The molecular weight excluding hydrogens is 415 g/mol. The van der Waals surface area contributed by atoms with Crippen LogP contribution in [-0.2, 0) is 20.9 Å². The summed E-state index contributed by atoms with van der Waals surface area (Å²) in [4.78, 5) is 34.0.